The number of carbonyl (C=O) groups is 2. The van der Waals surface area contributed by atoms with Gasteiger partial charge in [0.05, 0.1) is 32.5 Å². The highest BCUT2D eigenvalue weighted by Crippen LogP contribution is 2.26. The number of carbonyl (C=O) groups excluding carboxylic acids is 1. The van der Waals surface area contributed by atoms with E-state index in [-0.39, 0.29) is 5.56 Å². The van der Waals surface area contributed by atoms with Crippen LogP contribution in [-0.2, 0) is 11.3 Å². The van der Waals surface area contributed by atoms with Crippen LogP contribution in [0.5, 0.6) is 11.5 Å². The second-order valence-corrected chi connectivity index (χ2v) is 7.00. The monoisotopic (exact) mass is 398 g/mol. The minimum absolute atomic E-state index is 0.258. The summed E-state index contributed by atoms with van der Waals surface area (Å²) in [5.74, 6) is -0.286. The number of nitrogens with one attached hydrogen (secondary N) is 1. The van der Waals surface area contributed by atoms with E-state index in [1.807, 2.05) is 12.1 Å². The lowest BCUT2D eigenvalue weighted by atomic mass is 10.1. The number of hydrogen-bond acceptors (Lipinski definition) is 6. The van der Waals surface area contributed by atoms with Crippen molar-refractivity contribution in [3.63, 3.8) is 0 Å². The molecule has 0 aliphatic rings. The maximum Gasteiger partial charge on any atom is 0.328 e. The number of amides is 1. The first-order chi connectivity index (χ1) is 13.7. The number of nitrogens with zero attached hydrogens (tertiary/aromatic N) is 3. The molecule has 9 heteroatoms. The molecule has 0 aliphatic carbocycles. The Morgan fingerprint density at radius 2 is 1.93 bits per heavy atom. The number of carboxylic acid groups (broad SMARTS) is 1. The zero-order valence-electron chi connectivity index (χ0n) is 16.6. The second-order valence-electron chi connectivity index (χ2n) is 7.00. The summed E-state index contributed by atoms with van der Waals surface area (Å²) >= 11 is 0. The van der Waals surface area contributed by atoms with Crippen LogP contribution in [-0.4, -0.2) is 51.5 Å². The lowest BCUT2D eigenvalue weighted by Gasteiger charge is -2.20. The van der Waals surface area contributed by atoms with Gasteiger partial charge >= 0.3 is 5.97 Å². The summed E-state index contributed by atoms with van der Waals surface area (Å²) in [6.45, 7) is 3.25. The lowest BCUT2D eigenvalue weighted by molar-refractivity contribution is -0.143. The Balaban J connectivity index is 1.86. The van der Waals surface area contributed by atoms with Gasteiger partial charge in [-0.1, -0.05) is 0 Å². The van der Waals surface area contributed by atoms with Crippen LogP contribution in [0.15, 0.2) is 36.7 Å². The first kappa shape index (κ1) is 20.1. The van der Waals surface area contributed by atoms with Gasteiger partial charge in [-0.15, -0.1) is 0 Å². The number of carboxylic acids is 1. The van der Waals surface area contributed by atoms with E-state index in [4.69, 9.17) is 14.6 Å². The van der Waals surface area contributed by atoms with Gasteiger partial charge in [0.1, 0.15) is 17.0 Å². The van der Waals surface area contributed by atoms with Crippen LogP contribution in [0.1, 0.15) is 29.8 Å². The minimum atomic E-state index is -1.39. The molecular formula is C20H22N4O5. The third-order valence-electron chi connectivity index (χ3n) is 4.51. The molecule has 0 saturated carbocycles. The molecule has 0 unspecified atom stereocenters. The number of aliphatic carboxylic acids is 1. The van der Waals surface area contributed by atoms with Crippen LogP contribution < -0.4 is 14.8 Å². The van der Waals surface area contributed by atoms with E-state index in [9.17, 15) is 9.59 Å². The van der Waals surface area contributed by atoms with Gasteiger partial charge in [-0.25, -0.2) is 14.5 Å². The number of aromatic nitrogens is 3. The molecule has 29 heavy (non-hydrogen) atoms. The summed E-state index contributed by atoms with van der Waals surface area (Å²) in [5, 5.41) is 16.7. The maximum absolute atomic E-state index is 12.4. The fourth-order valence-corrected chi connectivity index (χ4v) is 2.77. The Labute approximate surface area is 167 Å². The molecule has 0 radical (unpaired) electrons. The summed E-state index contributed by atoms with van der Waals surface area (Å²) < 4.78 is 12.3. The van der Waals surface area contributed by atoms with Gasteiger partial charge in [0, 0.05) is 23.2 Å². The summed E-state index contributed by atoms with van der Waals surface area (Å²) in [7, 11) is 3.17. The molecule has 0 atom stereocenters. The molecule has 0 aliphatic heterocycles. The SMILES string of the molecule is COc1ccc(Cn2ncc3cc(C(=O)NC(C)(C)C(=O)O)cnc32)c(OC)c1. The van der Waals surface area contributed by atoms with E-state index in [0.717, 1.165) is 5.56 Å². The molecule has 1 aromatic carbocycles. The topological polar surface area (TPSA) is 116 Å². The highest BCUT2D eigenvalue weighted by molar-refractivity contribution is 5.99. The number of methoxy groups -OCH3 is 2. The van der Waals surface area contributed by atoms with Crippen LogP contribution in [0.3, 0.4) is 0 Å². The average Bonchev–Trinajstić information content (AvgIpc) is 3.09. The third kappa shape index (κ3) is 4.13. The Morgan fingerprint density at radius 1 is 1.17 bits per heavy atom. The van der Waals surface area contributed by atoms with E-state index in [1.165, 1.54) is 20.0 Å². The van der Waals surface area contributed by atoms with Crippen LogP contribution >= 0.6 is 0 Å². The molecule has 3 rings (SSSR count). The van der Waals surface area contributed by atoms with Gasteiger partial charge in [0.25, 0.3) is 5.91 Å². The molecule has 0 saturated heterocycles. The number of fused-ring (bicyclic) bond motifs is 1. The molecule has 2 heterocycles. The summed E-state index contributed by atoms with van der Waals surface area (Å²) in [6.07, 6.45) is 3.01. The predicted molar refractivity (Wildman–Crippen MR) is 105 cm³/mol. The van der Waals surface area contributed by atoms with Gasteiger partial charge in [-0.2, -0.15) is 5.10 Å². The first-order valence-corrected chi connectivity index (χ1v) is 8.83. The third-order valence-corrected chi connectivity index (χ3v) is 4.51. The standard InChI is InChI=1S/C20H22N4O5/c1-20(2,19(26)27)23-18(25)14-7-13-10-22-24(17(13)21-9-14)11-12-5-6-15(28-3)8-16(12)29-4/h5-10H,11H2,1-4H3,(H,23,25)(H,26,27). The first-order valence-electron chi connectivity index (χ1n) is 8.83. The molecule has 0 spiro atoms. The fourth-order valence-electron chi connectivity index (χ4n) is 2.77. The summed E-state index contributed by atoms with van der Waals surface area (Å²) in [4.78, 5) is 27.9. The maximum atomic E-state index is 12.4. The average molecular weight is 398 g/mol. The van der Waals surface area contributed by atoms with E-state index in [2.05, 4.69) is 15.4 Å². The van der Waals surface area contributed by atoms with Crippen molar-refractivity contribution in [1.82, 2.24) is 20.1 Å². The molecule has 0 fully saturated rings. The zero-order valence-corrected chi connectivity index (χ0v) is 16.6. The number of pyridine rings is 1. The molecule has 2 aromatic heterocycles. The molecule has 3 aromatic rings. The van der Waals surface area contributed by atoms with Crippen molar-refractivity contribution in [2.24, 2.45) is 0 Å². The number of rotatable bonds is 7. The van der Waals surface area contributed by atoms with Gasteiger partial charge in [-0.05, 0) is 32.0 Å². The second kappa shape index (κ2) is 7.78. The molecule has 152 valence electrons. The quantitative estimate of drug-likeness (QED) is 0.626. The van der Waals surface area contributed by atoms with Crippen LogP contribution in [0.4, 0.5) is 0 Å². The van der Waals surface area contributed by atoms with Gasteiger partial charge in [0.15, 0.2) is 5.65 Å². The molecule has 1 amide bonds. The van der Waals surface area contributed by atoms with Crippen molar-refractivity contribution < 1.29 is 24.2 Å². The Kier molecular flexibility index (Phi) is 5.40. The van der Waals surface area contributed by atoms with Crippen molar-refractivity contribution in [3.8, 4) is 11.5 Å². The molecule has 9 nitrogen and oxygen atoms in total. The Hall–Kier alpha value is -3.62. The summed E-state index contributed by atoms with van der Waals surface area (Å²) in [5.41, 5.74) is 0.358. The Morgan fingerprint density at radius 3 is 2.59 bits per heavy atom. The van der Waals surface area contributed by atoms with Crippen LogP contribution in [0.2, 0.25) is 0 Å². The highest BCUT2D eigenvalue weighted by Gasteiger charge is 2.29. The lowest BCUT2D eigenvalue weighted by Crippen LogP contribution is -2.49. The van der Waals surface area contributed by atoms with Crippen molar-refractivity contribution in [1.29, 1.82) is 0 Å². The van der Waals surface area contributed by atoms with Crippen molar-refractivity contribution in [2.75, 3.05) is 14.2 Å². The van der Waals surface area contributed by atoms with E-state index in [1.54, 1.807) is 37.2 Å². The Bertz CT molecular complexity index is 1070. The van der Waals surface area contributed by atoms with Gasteiger partial charge in [0.2, 0.25) is 0 Å². The number of hydrogen-bond donors (Lipinski definition) is 2. The van der Waals surface area contributed by atoms with Crippen molar-refractivity contribution in [2.45, 2.75) is 25.9 Å². The van der Waals surface area contributed by atoms with Gasteiger partial charge < -0.3 is 19.9 Å². The number of ether oxygens (including phenoxy) is 2. The fraction of sp³-hybridized carbons (Fsp3) is 0.300. The minimum Gasteiger partial charge on any atom is -0.497 e. The molecular weight excluding hydrogens is 376 g/mol. The zero-order chi connectivity index (χ0) is 21.2. The van der Waals surface area contributed by atoms with Crippen LogP contribution in [0.25, 0.3) is 11.0 Å². The predicted octanol–water partition coefficient (Wildman–Crippen LogP) is 2.09. The molecule has 2 N–H and O–H groups in total. The van der Waals surface area contributed by atoms with E-state index >= 15 is 0 Å². The van der Waals surface area contributed by atoms with E-state index in [0.29, 0.717) is 29.1 Å². The number of benzene rings is 1. The molecule has 0 bridgehead atoms. The van der Waals surface area contributed by atoms with Crippen LogP contribution in [0, 0.1) is 0 Å². The van der Waals surface area contributed by atoms with Crippen molar-refractivity contribution in [3.05, 3.63) is 47.8 Å². The highest BCUT2D eigenvalue weighted by atomic mass is 16.5. The van der Waals surface area contributed by atoms with Gasteiger partial charge in [-0.3, -0.25) is 4.79 Å². The normalized spacial score (nSPS) is 11.3. The van der Waals surface area contributed by atoms with E-state index < -0.39 is 17.4 Å². The summed E-state index contributed by atoms with van der Waals surface area (Å²) in [6, 6.07) is 7.15. The largest absolute Gasteiger partial charge is 0.497 e. The smallest absolute Gasteiger partial charge is 0.328 e. The van der Waals surface area contributed by atoms with Crippen molar-refractivity contribution >= 4 is 22.9 Å².